The third-order valence-corrected chi connectivity index (χ3v) is 3.72. The SMILES string of the molecule is c1ccc(CNc2nccc(N3CCCCCC3)n2)nc1. The number of nitrogens with one attached hydrogen (secondary N) is 1. The van der Waals surface area contributed by atoms with Gasteiger partial charge in [0.2, 0.25) is 5.95 Å². The third-order valence-electron chi connectivity index (χ3n) is 3.72. The molecule has 2 aromatic heterocycles. The standard InChI is InChI=1S/C16H21N5/c1-2-6-12-21(11-5-1)15-8-10-18-16(20-15)19-13-14-7-3-4-9-17-14/h3-4,7-10H,1-2,5-6,11-13H2,(H,18,19,20). The average molecular weight is 283 g/mol. The largest absolute Gasteiger partial charge is 0.356 e. The van der Waals surface area contributed by atoms with E-state index in [2.05, 4.69) is 25.2 Å². The highest BCUT2D eigenvalue weighted by atomic mass is 15.2. The Labute approximate surface area is 125 Å². The fourth-order valence-corrected chi connectivity index (χ4v) is 2.58. The lowest BCUT2D eigenvalue weighted by molar-refractivity contribution is 0.726. The monoisotopic (exact) mass is 283 g/mol. The molecule has 1 aliphatic rings. The minimum atomic E-state index is 0.643. The van der Waals surface area contributed by atoms with Gasteiger partial charge in [-0.15, -0.1) is 0 Å². The molecule has 0 spiro atoms. The highest BCUT2D eigenvalue weighted by Crippen LogP contribution is 2.18. The molecule has 0 saturated carbocycles. The van der Waals surface area contributed by atoms with E-state index in [1.54, 1.807) is 6.20 Å². The summed E-state index contributed by atoms with van der Waals surface area (Å²) in [6.45, 7) is 2.83. The smallest absolute Gasteiger partial charge is 0.224 e. The Bertz CT molecular complexity index is 550. The van der Waals surface area contributed by atoms with Crippen molar-refractivity contribution in [3.8, 4) is 0 Å². The van der Waals surface area contributed by atoms with E-state index < -0.39 is 0 Å². The predicted molar refractivity (Wildman–Crippen MR) is 84.3 cm³/mol. The van der Waals surface area contributed by atoms with Crippen molar-refractivity contribution in [2.75, 3.05) is 23.3 Å². The van der Waals surface area contributed by atoms with Crippen LogP contribution < -0.4 is 10.2 Å². The maximum absolute atomic E-state index is 4.63. The van der Waals surface area contributed by atoms with Gasteiger partial charge in [-0.05, 0) is 31.0 Å². The molecule has 1 fully saturated rings. The zero-order valence-electron chi connectivity index (χ0n) is 12.2. The van der Waals surface area contributed by atoms with Crippen LogP contribution in [0.25, 0.3) is 0 Å². The summed E-state index contributed by atoms with van der Waals surface area (Å²) in [6, 6.07) is 7.89. The van der Waals surface area contributed by atoms with Crippen LogP contribution in [0.5, 0.6) is 0 Å². The van der Waals surface area contributed by atoms with Crippen molar-refractivity contribution in [1.82, 2.24) is 15.0 Å². The second kappa shape index (κ2) is 7.02. The van der Waals surface area contributed by atoms with Crippen LogP contribution in [-0.4, -0.2) is 28.0 Å². The van der Waals surface area contributed by atoms with E-state index in [1.165, 1.54) is 25.7 Å². The molecular formula is C16H21N5. The Morgan fingerprint density at radius 3 is 2.57 bits per heavy atom. The number of pyridine rings is 1. The fourth-order valence-electron chi connectivity index (χ4n) is 2.58. The first-order valence-corrected chi connectivity index (χ1v) is 7.63. The first-order valence-electron chi connectivity index (χ1n) is 7.63. The van der Waals surface area contributed by atoms with Gasteiger partial charge in [-0.1, -0.05) is 18.9 Å². The topological polar surface area (TPSA) is 53.9 Å². The van der Waals surface area contributed by atoms with Gasteiger partial charge in [0, 0.05) is 25.5 Å². The molecule has 5 heteroatoms. The van der Waals surface area contributed by atoms with Crippen molar-refractivity contribution in [2.45, 2.75) is 32.2 Å². The summed E-state index contributed by atoms with van der Waals surface area (Å²) >= 11 is 0. The minimum absolute atomic E-state index is 0.643. The Morgan fingerprint density at radius 1 is 0.952 bits per heavy atom. The van der Waals surface area contributed by atoms with Gasteiger partial charge in [0.15, 0.2) is 0 Å². The van der Waals surface area contributed by atoms with E-state index in [0.29, 0.717) is 12.5 Å². The van der Waals surface area contributed by atoms with E-state index in [0.717, 1.165) is 24.6 Å². The van der Waals surface area contributed by atoms with Crippen molar-refractivity contribution in [3.05, 3.63) is 42.4 Å². The van der Waals surface area contributed by atoms with Crippen LogP contribution in [0.1, 0.15) is 31.4 Å². The Kier molecular flexibility index (Phi) is 4.61. The second-order valence-corrected chi connectivity index (χ2v) is 5.31. The number of hydrogen-bond donors (Lipinski definition) is 1. The molecule has 0 atom stereocenters. The first kappa shape index (κ1) is 13.8. The number of aromatic nitrogens is 3. The van der Waals surface area contributed by atoms with Crippen molar-refractivity contribution in [2.24, 2.45) is 0 Å². The first-order chi connectivity index (χ1) is 10.4. The quantitative estimate of drug-likeness (QED) is 0.935. The third kappa shape index (κ3) is 3.90. The molecule has 0 aromatic carbocycles. The van der Waals surface area contributed by atoms with Gasteiger partial charge in [-0.3, -0.25) is 4.98 Å². The van der Waals surface area contributed by atoms with Gasteiger partial charge >= 0.3 is 0 Å². The van der Waals surface area contributed by atoms with E-state index in [-0.39, 0.29) is 0 Å². The van der Waals surface area contributed by atoms with Crippen LogP contribution in [0.2, 0.25) is 0 Å². The van der Waals surface area contributed by atoms with Gasteiger partial charge in [-0.2, -0.15) is 4.98 Å². The molecule has 0 aliphatic carbocycles. The Morgan fingerprint density at radius 2 is 1.81 bits per heavy atom. The van der Waals surface area contributed by atoms with Gasteiger partial charge in [0.05, 0.1) is 12.2 Å². The number of nitrogens with zero attached hydrogens (tertiary/aromatic N) is 4. The van der Waals surface area contributed by atoms with Crippen molar-refractivity contribution in [3.63, 3.8) is 0 Å². The van der Waals surface area contributed by atoms with Crippen LogP contribution in [0, 0.1) is 0 Å². The molecule has 0 bridgehead atoms. The molecule has 0 amide bonds. The summed E-state index contributed by atoms with van der Waals surface area (Å²) in [4.78, 5) is 15.6. The van der Waals surface area contributed by atoms with Crippen LogP contribution in [0.3, 0.4) is 0 Å². The molecule has 3 heterocycles. The van der Waals surface area contributed by atoms with Crippen LogP contribution >= 0.6 is 0 Å². The lowest BCUT2D eigenvalue weighted by Crippen LogP contribution is -2.25. The highest BCUT2D eigenvalue weighted by Gasteiger charge is 2.11. The maximum atomic E-state index is 4.63. The van der Waals surface area contributed by atoms with Crippen LogP contribution in [0.4, 0.5) is 11.8 Å². The summed E-state index contributed by atoms with van der Waals surface area (Å²) < 4.78 is 0. The van der Waals surface area contributed by atoms with E-state index in [9.17, 15) is 0 Å². The molecule has 5 nitrogen and oxygen atoms in total. The minimum Gasteiger partial charge on any atom is -0.356 e. The predicted octanol–water partition coefficient (Wildman–Crippen LogP) is 2.86. The number of rotatable bonds is 4. The molecule has 2 aromatic rings. The maximum Gasteiger partial charge on any atom is 0.224 e. The molecule has 3 rings (SSSR count). The molecule has 21 heavy (non-hydrogen) atoms. The molecule has 0 unspecified atom stereocenters. The molecular weight excluding hydrogens is 262 g/mol. The zero-order chi connectivity index (χ0) is 14.3. The summed E-state index contributed by atoms with van der Waals surface area (Å²) in [5.74, 6) is 1.69. The summed E-state index contributed by atoms with van der Waals surface area (Å²) in [7, 11) is 0. The van der Waals surface area contributed by atoms with Crippen molar-refractivity contribution in [1.29, 1.82) is 0 Å². The molecule has 0 radical (unpaired) electrons. The second-order valence-electron chi connectivity index (χ2n) is 5.31. The lowest BCUT2D eigenvalue weighted by Gasteiger charge is -2.21. The van der Waals surface area contributed by atoms with Crippen LogP contribution in [-0.2, 0) is 6.54 Å². The molecule has 1 aliphatic heterocycles. The molecule has 1 saturated heterocycles. The lowest BCUT2D eigenvalue weighted by atomic mass is 10.2. The Balaban J connectivity index is 1.65. The van der Waals surface area contributed by atoms with Gasteiger partial charge in [-0.25, -0.2) is 4.98 Å². The zero-order valence-corrected chi connectivity index (χ0v) is 12.2. The van der Waals surface area contributed by atoms with Crippen LogP contribution in [0.15, 0.2) is 36.7 Å². The van der Waals surface area contributed by atoms with E-state index in [1.807, 2.05) is 30.5 Å². The van der Waals surface area contributed by atoms with E-state index >= 15 is 0 Å². The van der Waals surface area contributed by atoms with E-state index in [4.69, 9.17) is 0 Å². The number of anilines is 2. The Hall–Kier alpha value is -2.17. The van der Waals surface area contributed by atoms with Gasteiger partial charge < -0.3 is 10.2 Å². The average Bonchev–Trinajstić information content (AvgIpc) is 2.83. The summed E-state index contributed by atoms with van der Waals surface area (Å²) in [5, 5.41) is 3.24. The summed E-state index contributed by atoms with van der Waals surface area (Å²) in [5.41, 5.74) is 0.987. The van der Waals surface area contributed by atoms with Crippen molar-refractivity contribution >= 4 is 11.8 Å². The van der Waals surface area contributed by atoms with Gasteiger partial charge in [0.25, 0.3) is 0 Å². The van der Waals surface area contributed by atoms with Gasteiger partial charge in [0.1, 0.15) is 5.82 Å². The van der Waals surface area contributed by atoms with Crippen molar-refractivity contribution < 1.29 is 0 Å². The molecule has 110 valence electrons. The fraction of sp³-hybridized carbons (Fsp3) is 0.438. The normalized spacial score (nSPS) is 15.5. The highest BCUT2D eigenvalue weighted by molar-refractivity contribution is 5.42. The number of hydrogen-bond acceptors (Lipinski definition) is 5. The summed E-state index contributed by atoms with van der Waals surface area (Å²) in [6.07, 6.45) is 8.78. The molecule has 1 N–H and O–H groups in total.